The van der Waals surface area contributed by atoms with Gasteiger partial charge in [0.15, 0.2) is 0 Å². The van der Waals surface area contributed by atoms with Crippen LogP contribution >= 0.6 is 0 Å². The van der Waals surface area contributed by atoms with Crippen molar-refractivity contribution in [3.8, 4) is 0 Å². The summed E-state index contributed by atoms with van der Waals surface area (Å²) in [6, 6.07) is 14.4. The molecule has 0 saturated heterocycles. The maximum atomic E-state index is 12.4. The highest BCUT2D eigenvalue weighted by atomic mass is 16.4. The van der Waals surface area contributed by atoms with E-state index in [1.807, 2.05) is 19.9 Å². The first-order valence-corrected chi connectivity index (χ1v) is 10.2. The second kappa shape index (κ2) is 9.20. The molecule has 1 aliphatic carbocycles. The summed E-state index contributed by atoms with van der Waals surface area (Å²) in [5.74, 6) is -0.927. The van der Waals surface area contributed by atoms with Gasteiger partial charge in [0.1, 0.15) is 6.04 Å². The molecule has 2 aromatic carbocycles. The predicted molar refractivity (Wildman–Crippen MR) is 111 cm³/mol. The van der Waals surface area contributed by atoms with Crippen LogP contribution in [0.15, 0.2) is 42.5 Å². The van der Waals surface area contributed by atoms with Gasteiger partial charge in [0.2, 0.25) is 5.91 Å². The first-order chi connectivity index (χ1) is 13.4. The van der Waals surface area contributed by atoms with Gasteiger partial charge in [-0.1, -0.05) is 56.3 Å². The van der Waals surface area contributed by atoms with Crippen LogP contribution in [-0.2, 0) is 16.1 Å². The maximum absolute atomic E-state index is 12.4. The zero-order valence-corrected chi connectivity index (χ0v) is 16.7. The van der Waals surface area contributed by atoms with Crippen LogP contribution in [0.5, 0.6) is 0 Å². The van der Waals surface area contributed by atoms with Crippen LogP contribution < -0.4 is 5.32 Å². The lowest BCUT2D eigenvalue weighted by Gasteiger charge is -2.23. The van der Waals surface area contributed by atoms with Gasteiger partial charge in [-0.2, -0.15) is 0 Å². The van der Waals surface area contributed by atoms with Gasteiger partial charge in [0.25, 0.3) is 0 Å². The highest BCUT2D eigenvalue weighted by molar-refractivity contribution is 5.85. The van der Waals surface area contributed by atoms with Gasteiger partial charge in [-0.25, -0.2) is 4.79 Å². The zero-order chi connectivity index (χ0) is 20.1. The first-order valence-electron chi connectivity index (χ1n) is 10.2. The molecule has 1 atom stereocenters. The number of nitrogens with zero attached hydrogens (tertiary/aromatic N) is 1. The number of amides is 1. The van der Waals surface area contributed by atoms with Crippen molar-refractivity contribution in [1.29, 1.82) is 0 Å². The van der Waals surface area contributed by atoms with E-state index in [4.69, 9.17) is 0 Å². The van der Waals surface area contributed by atoms with E-state index < -0.39 is 12.0 Å². The van der Waals surface area contributed by atoms with Crippen LogP contribution in [0.1, 0.15) is 45.1 Å². The lowest BCUT2D eigenvalue weighted by Crippen LogP contribution is -2.42. The van der Waals surface area contributed by atoms with E-state index in [2.05, 4.69) is 46.6 Å². The molecular weight excluding hydrogens is 352 g/mol. The van der Waals surface area contributed by atoms with Gasteiger partial charge in [-0.3, -0.25) is 9.69 Å². The van der Waals surface area contributed by atoms with E-state index in [1.54, 1.807) is 0 Å². The Kier molecular flexibility index (Phi) is 6.68. The number of nitrogens with one attached hydrogen (secondary N) is 1. The van der Waals surface area contributed by atoms with Gasteiger partial charge in [-0.15, -0.1) is 0 Å². The van der Waals surface area contributed by atoms with E-state index in [0.29, 0.717) is 25.4 Å². The van der Waals surface area contributed by atoms with Gasteiger partial charge in [0.05, 0.1) is 0 Å². The van der Waals surface area contributed by atoms with Gasteiger partial charge >= 0.3 is 5.97 Å². The molecule has 5 heteroatoms. The van der Waals surface area contributed by atoms with Gasteiger partial charge in [0, 0.05) is 25.6 Å². The molecule has 150 valence electrons. The Balaban J connectivity index is 1.61. The second-order valence-electron chi connectivity index (χ2n) is 8.18. The summed E-state index contributed by atoms with van der Waals surface area (Å²) in [7, 11) is 0. The fourth-order valence-corrected chi connectivity index (χ4v) is 3.68. The Morgan fingerprint density at radius 3 is 2.54 bits per heavy atom. The van der Waals surface area contributed by atoms with Crippen LogP contribution in [0.2, 0.25) is 0 Å². The Bertz CT molecular complexity index is 824. The third kappa shape index (κ3) is 5.55. The number of carbonyl (C=O) groups is 2. The molecule has 0 aromatic heterocycles. The Labute approximate surface area is 166 Å². The molecule has 5 nitrogen and oxygen atoms in total. The summed E-state index contributed by atoms with van der Waals surface area (Å²) >= 11 is 0. The molecule has 0 aliphatic heterocycles. The molecule has 2 aromatic rings. The zero-order valence-electron chi connectivity index (χ0n) is 16.7. The molecule has 1 saturated carbocycles. The van der Waals surface area contributed by atoms with E-state index in [0.717, 1.165) is 19.4 Å². The quantitative estimate of drug-likeness (QED) is 0.656. The molecule has 1 amide bonds. The average molecular weight is 383 g/mol. The van der Waals surface area contributed by atoms with Crippen LogP contribution in [0, 0.1) is 5.92 Å². The summed E-state index contributed by atoms with van der Waals surface area (Å²) in [5.41, 5.74) is 1.27. The van der Waals surface area contributed by atoms with Crippen molar-refractivity contribution in [2.24, 2.45) is 5.92 Å². The van der Waals surface area contributed by atoms with Crippen LogP contribution in [0.4, 0.5) is 0 Å². The van der Waals surface area contributed by atoms with Crippen LogP contribution in [-0.4, -0.2) is 40.5 Å². The van der Waals surface area contributed by atoms with Crippen molar-refractivity contribution < 1.29 is 14.7 Å². The number of fused-ring (bicyclic) bond motifs is 1. The van der Waals surface area contributed by atoms with Crippen molar-refractivity contribution in [3.05, 3.63) is 48.0 Å². The van der Waals surface area contributed by atoms with Crippen molar-refractivity contribution in [2.45, 2.75) is 58.2 Å². The molecule has 1 fully saturated rings. The Morgan fingerprint density at radius 2 is 1.86 bits per heavy atom. The summed E-state index contributed by atoms with van der Waals surface area (Å²) in [6.07, 6.45) is 3.10. The van der Waals surface area contributed by atoms with E-state index >= 15 is 0 Å². The molecule has 1 aliphatic rings. The minimum Gasteiger partial charge on any atom is -0.480 e. The number of hydrogen-bond acceptors (Lipinski definition) is 3. The second-order valence-corrected chi connectivity index (χ2v) is 8.18. The molecule has 0 heterocycles. The molecule has 2 N–H and O–H groups in total. The van der Waals surface area contributed by atoms with Gasteiger partial charge in [-0.05, 0) is 41.5 Å². The predicted octanol–water partition coefficient (Wildman–Crippen LogP) is 3.81. The fraction of sp³-hybridized carbons (Fsp3) is 0.478. The monoisotopic (exact) mass is 382 g/mol. The summed E-state index contributed by atoms with van der Waals surface area (Å²) in [5, 5.41) is 14.5. The van der Waals surface area contributed by atoms with Crippen molar-refractivity contribution in [3.63, 3.8) is 0 Å². The highest BCUT2D eigenvalue weighted by Gasteiger charge is 2.30. The van der Waals surface area contributed by atoms with E-state index in [1.165, 1.54) is 16.3 Å². The molecule has 3 rings (SSSR count). The molecule has 0 radical (unpaired) electrons. The standard InChI is InChI=1S/C23H30N2O3/c1-16(2)14-21(23(27)28)24-22(26)12-13-25(19-10-11-19)15-18-8-5-7-17-6-3-4-9-20(17)18/h3-9,16,19,21H,10-15H2,1-2H3,(H,24,26)(H,27,28). The Hall–Kier alpha value is -2.40. The lowest BCUT2D eigenvalue weighted by molar-refractivity contribution is -0.142. The number of aliphatic carboxylic acids is 1. The minimum atomic E-state index is -0.961. The first kappa shape index (κ1) is 20.3. The SMILES string of the molecule is CC(C)CC(NC(=O)CCN(Cc1cccc2ccccc12)C1CC1)C(=O)O. The maximum Gasteiger partial charge on any atom is 0.326 e. The number of carboxylic acid groups (broad SMARTS) is 1. The summed E-state index contributed by atoms with van der Waals surface area (Å²) in [4.78, 5) is 26.1. The van der Waals surface area contributed by atoms with Gasteiger partial charge < -0.3 is 10.4 Å². The third-order valence-electron chi connectivity index (χ3n) is 5.28. The summed E-state index contributed by atoms with van der Waals surface area (Å²) < 4.78 is 0. The number of hydrogen-bond donors (Lipinski definition) is 2. The fourth-order valence-electron chi connectivity index (χ4n) is 3.68. The largest absolute Gasteiger partial charge is 0.480 e. The number of benzene rings is 2. The highest BCUT2D eigenvalue weighted by Crippen LogP contribution is 2.30. The van der Waals surface area contributed by atoms with Crippen molar-refractivity contribution in [2.75, 3.05) is 6.54 Å². The molecule has 0 spiro atoms. The molecule has 1 unspecified atom stereocenters. The number of rotatable bonds is 10. The van der Waals surface area contributed by atoms with Crippen LogP contribution in [0.3, 0.4) is 0 Å². The minimum absolute atomic E-state index is 0.184. The lowest BCUT2D eigenvalue weighted by atomic mass is 10.0. The topological polar surface area (TPSA) is 69.6 Å². The number of carboxylic acids is 1. The van der Waals surface area contributed by atoms with Crippen LogP contribution in [0.25, 0.3) is 10.8 Å². The smallest absolute Gasteiger partial charge is 0.326 e. The normalized spacial score (nSPS) is 15.1. The number of carbonyl (C=O) groups excluding carboxylic acids is 1. The van der Waals surface area contributed by atoms with Crippen molar-refractivity contribution in [1.82, 2.24) is 10.2 Å². The van der Waals surface area contributed by atoms with E-state index in [9.17, 15) is 14.7 Å². The van der Waals surface area contributed by atoms with Crippen molar-refractivity contribution >= 4 is 22.6 Å². The third-order valence-corrected chi connectivity index (χ3v) is 5.28. The van der Waals surface area contributed by atoms with E-state index in [-0.39, 0.29) is 11.8 Å². The molecule has 0 bridgehead atoms. The Morgan fingerprint density at radius 1 is 1.14 bits per heavy atom. The summed E-state index contributed by atoms with van der Waals surface area (Å²) in [6.45, 7) is 5.38. The molecular formula is C23H30N2O3. The average Bonchev–Trinajstić information content (AvgIpc) is 3.49. The molecule has 28 heavy (non-hydrogen) atoms.